The number of aliphatic hydroxyl groups is 1. The molecule has 0 heterocycles. The lowest BCUT2D eigenvalue weighted by Gasteiger charge is -2.25. The van der Waals surface area contributed by atoms with Gasteiger partial charge in [-0.1, -0.05) is 182 Å². The molecule has 0 aromatic carbocycles. The molecule has 0 aliphatic rings. The summed E-state index contributed by atoms with van der Waals surface area (Å²) >= 11 is 0. The van der Waals surface area contributed by atoms with Gasteiger partial charge in [-0.3, -0.25) is 9.59 Å². The van der Waals surface area contributed by atoms with Gasteiger partial charge in [-0.15, -0.1) is 0 Å². The number of unbranched alkanes of at least 4 members (excludes halogenated alkanes) is 23. The van der Waals surface area contributed by atoms with Gasteiger partial charge in [0.25, 0.3) is 0 Å². The van der Waals surface area contributed by atoms with Gasteiger partial charge >= 0.3 is 11.9 Å². The third-order valence-electron chi connectivity index (χ3n) is 12.3. The van der Waals surface area contributed by atoms with E-state index >= 15 is 0 Å². The van der Waals surface area contributed by atoms with Gasteiger partial charge in [-0.05, 0) is 90.9 Å². The van der Waals surface area contributed by atoms with Gasteiger partial charge in [0.05, 0.1) is 25.0 Å². The van der Waals surface area contributed by atoms with Gasteiger partial charge < -0.3 is 24.4 Å². The number of hydrogen-bond acceptors (Lipinski definition) is 7. The average molecular weight is 823 g/mol. The molecule has 346 valence electrons. The second kappa shape index (κ2) is 45.3. The van der Waals surface area contributed by atoms with Crippen LogP contribution in [-0.4, -0.2) is 86.4 Å². The second-order valence-corrected chi connectivity index (χ2v) is 17.9. The summed E-state index contributed by atoms with van der Waals surface area (Å²) in [7, 11) is 2.27. The van der Waals surface area contributed by atoms with Crippen molar-refractivity contribution >= 4 is 11.9 Å². The molecule has 0 amide bonds. The molecule has 0 spiro atoms. The minimum Gasteiger partial charge on any atom is -0.465 e. The number of rotatable bonds is 47. The summed E-state index contributed by atoms with van der Waals surface area (Å²) in [5, 5.41) is 9.07. The van der Waals surface area contributed by atoms with Crippen LogP contribution in [-0.2, 0) is 19.1 Å². The maximum atomic E-state index is 12.7. The quantitative estimate of drug-likeness (QED) is 0.0484. The van der Waals surface area contributed by atoms with E-state index in [1.807, 2.05) is 0 Å². The van der Waals surface area contributed by atoms with Gasteiger partial charge in [0.2, 0.25) is 0 Å². The summed E-state index contributed by atoms with van der Waals surface area (Å²) in [6, 6.07) is 0. The van der Waals surface area contributed by atoms with E-state index in [0.29, 0.717) is 19.8 Å². The van der Waals surface area contributed by atoms with Crippen molar-refractivity contribution in [1.82, 2.24) is 9.80 Å². The Morgan fingerprint density at radius 1 is 0.397 bits per heavy atom. The summed E-state index contributed by atoms with van der Waals surface area (Å²) in [6.07, 6.45) is 39.9. The van der Waals surface area contributed by atoms with Crippen molar-refractivity contribution in [2.24, 2.45) is 11.8 Å². The van der Waals surface area contributed by atoms with Crippen molar-refractivity contribution in [3.05, 3.63) is 0 Å². The van der Waals surface area contributed by atoms with E-state index in [1.54, 1.807) is 0 Å². The molecular formula is C51H102N2O5. The molecule has 0 radical (unpaired) electrons. The highest BCUT2D eigenvalue weighted by Crippen LogP contribution is 2.21. The fourth-order valence-electron chi connectivity index (χ4n) is 8.13. The SMILES string of the molecule is CCCCCCC(CCCC)C(=O)OCCCCCCCCCN(CCCCCCCCCOC(=O)C(CCCC)CCCCCC)CCN(C)CCCCCCO. The van der Waals surface area contributed by atoms with Crippen LogP contribution in [0.4, 0.5) is 0 Å². The van der Waals surface area contributed by atoms with E-state index in [-0.39, 0.29) is 23.8 Å². The number of nitrogens with zero attached hydrogens (tertiary/aromatic N) is 2. The van der Waals surface area contributed by atoms with Gasteiger partial charge in [0.1, 0.15) is 0 Å². The molecule has 0 aliphatic carbocycles. The van der Waals surface area contributed by atoms with Crippen LogP contribution < -0.4 is 0 Å². The molecule has 0 aliphatic heterocycles. The molecule has 0 bridgehead atoms. The fraction of sp³-hybridized carbons (Fsp3) is 0.961. The van der Waals surface area contributed by atoms with Crippen molar-refractivity contribution in [3.8, 4) is 0 Å². The van der Waals surface area contributed by atoms with Gasteiger partial charge in [-0.2, -0.15) is 0 Å². The number of likely N-dealkylation sites (N-methyl/N-ethyl adjacent to an activating group) is 1. The number of carbonyl (C=O) groups excluding carboxylic acids is 2. The van der Waals surface area contributed by atoms with E-state index in [1.165, 1.54) is 129 Å². The molecule has 2 atom stereocenters. The third-order valence-corrected chi connectivity index (χ3v) is 12.3. The monoisotopic (exact) mass is 823 g/mol. The Hall–Kier alpha value is -1.18. The molecule has 2 unspecified atom stereocenters. The van der Waals surface area contributed by atoms with Crippen molar-refractivity contribution in [3.63, 3.8) is 0 Å². The molecule has 7 nitrogen and oxygen atoms in total. The van der Waals surface area contributed by atoms with Gasteiger partial charge in [0.15, 0.2) is 0 Å². The smallest absolute Gasteiger partial charge is 0.308 e. The maximum absolute atomic E-state index is 12.7. The zero-order valence-corrected chi connectivity index (χ0v) is 39.8. The highest BCUT2D eigenvalue weighted by Gasteiger charge is 2.20. The summed E-state index contributed by atoms with van der Waals surface area (Å²) in [5.41, 5.74) is 0. The first-order valence-electron chi connectivity index (χ1n) is 25.8. The largest absolute Gasteiger partial charge is 0.465 e. The molecule has 58 heavy (non-hydrogen) atoms. The van der Waals surface area contributed by atoms with Crippen LogP contribution in [0.2, 0.25) is 0 Å². The number of aliphatic hydroxyl groups excluding tert-OH is 1. The fourth-order valence-corrected chi connectivity index (χ4v) is 8.13. The number of esters is 2. The molecule has 0 rings (SSSR count). The summed E-state index contributed by atoms with van der Waals surface area (Å²) < 4.78 is 11.5. The Kier molecular flexibility index (Phi) is 44.4. The number of ether oxygens (including phenoxy) is 2. The van der Waals surface area contributed by atoms with Crippen molar-refractivity contribution in [1.29, 1.82) is 0 Å². The third kappa shape index (κ3) is 37.8. The van der Waals surface area contributed by atoms with E-state index in [9.17, 15) is 9.59 Å². The maximum Gasteiger partial charge on any atom is 0.308 e. The molecule has 0 fully saturated rings. The Labute approximate surface area is 362 Å². The number of carbonyl (C=O) groups is 2. The van der Waals surface area contributed by atoms with Crippen molar-refractivity contribution < 1.29 is 24.2 Å². The highest BCUT2D eigenvalue weighted by atomic mass is 16.5. The first kappa shape index (κ1) is 56.8. The minimum absolute atomic E-state index is 0.0594. The van der Waals surface area contributed by atoms with Gasteiger partial charge in [0, 0.05) is 19.7 Å². The van der Waals surface area contributed by atoms with Crippen LogP contribution in [0, 0.1) is 11.8 Å². The predicted octanol–water partition coefficient (Wildman–Crippen LogP) is 13.9. The van der Waals surface area contributed by atoms with E-state index in [2.05, 4.69) is 44.5 Å². The molecular weight excluding hydrogens is 721 g/mol. The van der Waals surface area contributed by atoms with Crippen molar-refractivity contribution in [2.45, 2.75) is 246 Å². The first-order chi connectivity index (χ1) is 28.4. The minimum atomic E-state index is 0.0594. The van der Waals surface area contributed by atoms with Gasteiger partial charge in [-0.25, -0.2) is 0 Å². The Balaban J connectivity index is 4.34. The lowest BCUT2D eigenvalue weighted by atomic mass is 9.95. The molecule has 7 heteroatoms. The molecule has 0 saturated carbocycles. The van der Waals surface area contributed by atoms with Crippen LogP contribution in [0.5, 0.6) is 0 Å². The standard InChI is InChI=1S/C51H102N2O5/c1-6-10-14-28-38-48(36-12-8-3)50(55)57-46-34-26-20-16-18-22-31-41-53(44-43-52(5)40-30-24-25-33-45-54)42-32-23-19-17-21-27-35-47-58-51(56)49(37-13-9-4)39-29-15-11-7-2/h48-49,54H,6-47H2,1-5H3. The first-order valence-corrected chi connectivity index (χ1v) is 25.8. The van der Waals surface area contributed by atoms with Crippen molar-refractivity contribution in [2.75, 3.05) is 59.6 Å². The molecule has 0 aromatic rings. The van der Waals surface area contributed by atoms with E-state index in [0.717, 1.165) is 122 Å². The zero-order valence-electron chi connectivity index (χ0n) is 39.8. The van der Waals surface area contributed by atoms with Crippen LogP contribution in [0.3, 0.4) is 0 Å². The Bertz CT molecular complexity index is 801. The molecule has 1 N–H and O–H groups in total. The predicted molar refractivity (Wildman–Crippen MR) is 250 cm³/mol. The second-order valence-electron chi connectivity index (χ2n) is 17.9. The lowest BCUT2D eigenvalue weighted by Crippen LogP contribution is -2.35. The average Bonchev–Trinajstić information content (AvgIpc) is 3.22. The topological polar surface area (TPSA) is 79.3 Å². The Morgan fingerprint density at radius 3 is 1.16 bits per heavy atom. The zero-order chi connectivity index (χ0) is 42.6. The van der Waals surface area contributed by atoms with Crippen LogP contribution >= 0.6 is 0 Å². The molecule has 0 saturated heterocycles. The van der Waals surface area contributed by atoms with Crippen LogP contribution in [0.1, 0.15) is 246 Å². The van der Waals surface area contributed by atoms with Crippen LogP contribution in [0.15, 0.2) is 0 Å². The highest BCUT2D eigenvalue weighted by molar-refractivity contribution is 5.72. The van der Waals surface area contributed by atoms with Crippen LogP contribution in [0.25, 0.3) is 0 Å². The van der Waals surface area contributed by atoms with E-state index < -0.39 is 0 Å². The summed E-state index contributed by atoms with van der Waals surface area (Å²) in [6.45, 7) is 16.2. The summed E-state index contributed by atoms with van der Waals surface area (Å²) in [4.78, 5) is 30.7. The lowest BCUT2D eigenvalue weighted by molar-refractivity contribution is -0.150. The number of hydrogen-bond donors (Lipinski definition) is 1. The molecule has 0 aromatic heterocycles. The van der Waals surface area contributed by atoms with E-state index in [4.69, 9.17) is 14.6 Å². The summed E-state index contributed by atoms with van der Waals surface area (Å²) in [5.74, 6) is 0.337. The Morgan fingerprint density at radius 2 is 0.741 bits per heavy atom. The normalized spacial score (nSPS) is 12.8.